The van der Waals surface area contributed by atoms with Crippen LogP contribution in [0.5, 0.6) is 0 Å². The van der Waals surface area contributed by atoms with Crippen molar-refractivity contribution in [3.63, 3.8) is 0 Å². The van der Waals surface area contributed by atoms with Crippen LogP contribution in [0, 0.1) is 12.7 Å². The number of carboxylic acid groups (broad SMARTS) is 1. The van der Waals surface area contributed by atoms with E-state index in [9.17, 15) is 22.4 Å². The molecule has 0 fully saturated rings. The summed E-state index contributed by atoms with van der Waals surface area (Å²) in [4.78, 5) is 14.8. The number of nitrogens with zero attached hydrogens (tertiary/aromatic N) is 1. The Bertz CT molecular complexity index is 806. The number of alkyl halides is 3. The lowest BCUT2D eigenvalue weighted by atomic mass is 10.00. The number of nitrogens with two attached hydrogens (primary N) is 1. The van der Waals surface area contributed by atoms with Crippen molar-refractivity contribution in [3.05, 3.63) is 45.9 Å². The highest BCUT2D eigenvalue weighted by Crippen LogP contribution is 2.36. The van der Waals surface area contributed by atoms with Crippen molar-refractivity contribution in [3.8, 4) is 11.3 Å². The number of pyridine rings is 1. The molecule has 0 unspecified atom stereocenters. The summed E-state index contributed by atoms with van der Waals surface area (Å²) in [6, 6.07) is 2.73. The molecule has 23 heavy (non-hydrogen) atoms. The molecular formula is C14H9ClF4N2O2. The first kappa shape index (κ1) is 17.0. The molecule has 0 saturated carbocycles. The van der Waals surface area contributed by atoms with Gasteiger partial charge >= 0.3 is 12.1 Å². The summed E-state index contributed by atoms with van der Waals surface area (Å²) in [7, 11) is 0. The molecule has 0 aliphatic carbocycles. The van der Waals surface area contributed by atoms with E-state index in [1.807, 2.05) is 0 Å². The summed E-state index contributed by atoms with van der Waals surface area (Å²) in [5, 5.41) is 8.71. The fourth-order valence-corrected chi connectivity index (χ4v) is 2.19. The van der Waals surface area contributed by atoms with Crippen LogP contribution in [0.2, 0.25) is 5.02 Å². The van der Waals surface area contributed by atoms with Crippen LogP contribution >= 0.6 is 11.6 Å². The van der Waals surface area contributed by atoms with E-state index < -0.39 is 29.2 Å². The monoisotopic (exact) mass is 348 g/mol. The highest BCUT2D eigenvalue weighted by atomic mass is 35.5. The largest absolute Gasteiger partial charge is 0.476 e. The van der Waals surface area contributed by atoms with E-state index in [1.165, 1.54) is 6.07 Å². The number of halogens is 5. The lowest BCUT2D eigenvalue weighted by molar-refractivity contribution is -0.140. The van der Waals surface area contributed by atoms with Crippen LogP contribution < -0.4 is 5.73 Å². The second kappa shape index (κ2) is 5.69. The van der Waals surface area contributed by atoms with Crippen LogP contribution in [-0.2, 0) is 6.18 Å². The zero-order chi connectivity index (χ0) is 17.5. The van der Waals surface area contributed by atoms with Gasteiger partial charge in [0.25, 0.3) is 0 Å². The van der Waals surface area contributed by atoms with Crippen molar-refractivity contribution in [1.29, 1.82) is 0 Å². The number of carboxylic acids is 1. The summed E-state index contributed by atoms with van der Waals surface area (Å²) < 4.78 is 52.0. The molecule has 0 bridgehead atoms. The van der Waals surface area contributed by atoms with Crippen molar-refractivity contribution in [2.45, 2.75) is 13.1 Å². The third kappa shape index (κ3) is 3.07. The number of aromatic carboxylic acids is 1. The number of hydrogen-bond acceptors (Lipinski definition) is 3. The molecule has 122 valence electrons. The number of hydrogen-bond donors (Lipinski definition) is 2. The van der Waals surface area contributed by atoms with Gasteiger partial charge in [-0.15, -0.1) is 0 Å². The summed E-state index contributed by atoms with van der Waals surface area (Å²) in [6.07, 6.45) is -4.84. The fourth-order valence-electron chi connectivity index (χ4n) is 2.01. The summed E-state index contributed by atoms with van der Waals surface area (Å²) in [6.45, 7) is 1.13. The highest BCUT2D eigenvalue weighted by Gasteiger charge is 2.35. The van der Waals surface area contributed by atoms with Crippen molar-refractivity contribution in [2.75, 3.05) is 5.73 Å². The average Bonchev–Trinajstić information content (AvgIpc) is 2.43. The lowest BCUT2D eigenvalue weighted by Crippen LogP contribution is -2.10. The molecule has 0 radical (unpaired) electrons. The Morgan fingerprint density at radius 3 is 2.48 bits per heavy atom. The van der Waals surface area contributed by atoms with E-state index in [0.29, 0.717) is 6.07 Å². The van der Waals surface area contributed by atoms with Crippen LogP contribution in [-0.4, -0.2) is 16.1 Å². The quantitative estimate of drug-likeness (QED) is 0.799. The Balaban J connectivity index is 2.69. The second-order valence-corrected chi connectivity index (χ2v) is 5.04. The van der Waals surface area contributed by atoms with Gasteiger partial charge in [0.1, 0.15) is 5.82 Å². The van der Waals surface area contributed by atoms with Crippen molar-refractivity contribution in [1.82, 2.24) is 4.98 Å². The maximum Gasteiger partial charge on any atom is 0.419 e. The number of anilines is 1. The minimum Gasteiger partial charge on any atom is -0.476 e. The molecule has 0 atom stereocenters. The molecule has 2 rings (SSSR count). The van der Waals surface area contributed by atoms with Crippen LogP contribution in [0.3, 0.4) is 0 Å². The SMILES string of the molecule is Cc1c(-c2cc(N)c(Cl)c(C(=O)O)n2)ccc(C(F)(F)F)c1F. The molecule has 2 aromatic rings. The lowest BCUT2D eigenvalue weighted by Gasteiger charge is -2.14. The molecule has 0 amide bonds. The van der Waals surface area contributed by atoms with Crippen molar-refractivity contribution < 1.29 is 27.5 Å². The van der Waals surface area contributed by atoms with Crippen LogP contribution in [0.15, 0.2) is 18.2 Å². The third-order valence-electron chi connectivity index (χ3n) is 3.16. The van der Waals surface area contributed by atoms with Gasteiger partial charge in [-0.1, -0.05) is 17.7 Å². The van der Waals surface area contributed by atoms with Gasteiger partial charge in [0.05, 0.1) is 22.0 Å². The number of aromatic nitrogens is 1. The number of carbonyl (C=O) groups is 1. The zero-order valence-corrected chi connectivity index (χ0v) is 12.3. The van der Waals surface area contributed by atoms with Gasteiger partial charge in [0.15, 0.2) is 5.69 Å². The van der Waals surface area contributed by atoms with Gasteiger partial charge in [-0.3, -0.25) is 0 Å². The minimum absolute atomic E-state index is 0.0126. The van der Waals surface area contributed by atoms with Crippen molar-refractivity contribution in [2.24, 2.45) is 0 Å². The number of benzene rings is 1. The Morgan fingerprint density at radius 1 is 1.35 bits per heavy atom. The second-order valence-electron chi connectivity index (χ2n) is 4.66. The molecule has 3 N–H and O–H groups in total. The van der Waals surface area contributed by atoms with Crippen LogP contribution in [0.25, 0.3) is 11.3 Å². The number of nitrogen functional groups attached to an aromatic ring is 1. The molecule has 9 heteroatoms. The van der Waals surface area contributed by atoms with Crippen LogP contribution in [0.4, 0.5) is 23.2 Å². The minimum atomic E-state index is -4.84. The van der Waals surface area contributed by atoms with Gasteiger partial charge < -0.3 is 10.8 Å². The normalized spacial score (nSPS) is 11.6. The van der Waals surface area contributed by atoms with E-state index >= 15 is 0 Å². The molecule has 0 saturated heterocycles. The molecular weight excluding hydrogens is 340 g/mol. The Labute approximate surface area is 132 Å². The Morgan fingerprint density at radius 2 is 1.96 bits per heavy atom. The Hall–Kier alpha value is -2.35. The first-order valence-electron chi connectivity index (χ1n) is 6.10. The molecule has 0 aliphatic heterocycles. The fraction of sp³-hybridized carbons (Fsp3) is 0.143. The smallest absolute Gasteiger partial charge is 0.419 e. The number of rotatable bonds is 2. The average molecular weight is 349 g/mol. The van der Waals surface area contributed by atoms with Gasteiger partial charge in [0, 0.05) is 5.56 Å². The maximum atomic E-state index is 14.0. The first-order chi connectivity index (χ1) is 10.5. The molecule has 1 aromatic carbocycles. The first-order valence-corrected chi connectivity index (χ1v) is 6.47. The predicted octanol–water partition coefficient (Wildman–Crippen LogP) is 4.15. The van der Waals surface area contributed by atoms with Crippen LogP contribution in [0.1, 0.15) is 21.6 Å². The highest BCUT2D eigenvalue weighted by molar-refractivity contribution is 6.35. The van der Waals surface area contributed by atoms with E-state index in [2.05, 4.69) is 4.98 Å². The molecule has 0 aliphatic rings. The standard InChI is InChI=1S/C14H9ClF4N2O2/c1-5-6(2-3-7(11(5)16)14(17,18)19)9-4-8(20)10(15)12(21-9)13(22)23/h2-4H,1H3,(H2,20,21)(H,22,23). The molecule has 1 aromatic heterocycles. The van der Waals surface area contributed by atoms with Gasteiger partial charge in [0.2, 0.25) is 0 Å². The van der Waals surface area contributed by atoms with Gasteiger partial charge in [-0.25, -0.2) is 14.2 Å². The van der Waals surface area contributed by atoms with Gasteiger partial charge in [-0.2, -0.15) is 13.2 Å². The van der Waals surface area contributed by atoms with E-state index in [-0.39, 0.29) is 27.5 Å². The van der Waals surface area contributed by atoms with E-state index in [4.69, 9.17) is 22.4 Å². The molecule has 0 spiro atoms. The van der Waals surface area contributed by atoms with Crippen molar-refractivity contribution >= 4 is 23.3 Å². The van der Waals surface area contributed by atoms with E-state index in [1.54, 1.807) is 0 Å². The Kier molecular flexibility index (Phi) is 4.21. The summed E-state index contributed by atoms with van der Waals surface area (Å²) >= 11 is 5.71. The predicted molar refractivity (Wildman–Crippen MR) is 75.8 cm³/mol. The maximum absolute atomic E-state index is 14.0. The molecule has 4 nitrogen and oxygen atoms in total. The molecule has 1 heterocycles. The topological polar surface area (TPSA) is 76.2 Å². The van der Waals surface area contributed by atoms with Gasteiger partial charge in [-0.05, 0) is 24.6 Å². The zero-order valence-electron chi connectivity index (χ0n) is 11.5. The third-order valence-corrected chi connectivity index (χ3v) is 3.55. The summed E-state index contributed by atoms with van der Waals surface area (Å²) in [5.74, 6) is -2.92. The summed E-state index contributed by atoms with van der Waals surface area (Å²) in [5.41, 5.74) is 3.03. The van der Waals surface area contributed by atoms with E-state index in [0.717, 1.165) is 13.0 Å².